The molecule has 1 heterocycles. The van der Waals surface area contributed by atoms with Gasteiger partial charge in [-0.05, 0) is 6.92 Å². The lowest BCUT2D eigenvalue weighted by atomic mass is 10.1. The zero-order valence-corrected chi connectivity index (χ0v) is 4.81. The second-order valence-electron chi connectivity index (χ2n) is 2.04. The lowest BCUT2D eigenvalue weighted by Gasteiger charge is -1.99. The number of epoxide rings is 1. The highest BCUT2D eigenvalue weighted by Crippen LogP contribution is 2.25. The van der Waals surface area contributed by atoms with Gasteiger partial charge in [-0.3, -0.25) is 4.79 Å². The number of hydrogen-bond acceptors (Lipinski definition) is 3. The average Bonchev–Trinajstić information content (AvgIpc) is 2.44. The third-order valence-corrected chi connectivity index (χ3v) is 1.46. The van der Waals surface area contributed by atoms with Gasteiger partial charge >= 0.3 is 0 Å². The van der Waals surface area contributed by atoms with Crippen LogP contribution in [0.25, 0.3) is 0 Å². The minimum Gasteiger partial charge on any atom is -0.360 e. The molecule has 3 heteroatoms. The quantitative estimate of drug-likeness (QED) is 0.484. The Morgan fingerprint density at radius 3 is 2.50 bits per heavy atom. The number of nitrogens with two attached hydrogens (primary N) is 1. The second kappa shape index (κ2) is 1.53. The van der Waals surface area contributed by atoms with Gasteiger partial charge in [0, 0.05) is 6.54 Å². The molecule has 0 aliphatic carbocycles. The molecule has 0 saturated carbocycles. The number of ether oxygens (including phenoxy) is 1. The summed E-state index contributed by atoms with van der Waals surface area (Å²) in [7, 11) is 0. The molecular formula is C5H9NO2. The third kappa shape index (κ3) is 0.638. The van der Waals surface area contributed by atoms with E-state index in [2.05, 4.69) is 0 Å². The van der Waals surface area contributed by atoms with Crippen LogP contribution in [0.3, 0.4) is 0 Å². The second-order valence-corrected chi connectivity index (χ2v) is 2.04. The van der Waals surface area contributed by atoms with Gasteiger partial charge in [0.25, 0.3) is 0 Å². The fourth-order valence-electron chi connectivity index (χ4n) is 0.552. The molecule has 1 aliphatic heterocycles. The molecule has 0 amide bonds. The Kier molecular flexibility index (Phi) is 1.10. The van der Waals surface area contributed by atoms with Crippen LogP contribution in [0.15, 0.2) is 0 Å². The maximum absolute atomic E-state index is 10.6. The van der Waals surface area contributed by atoms with E-state index < -0.39 is 5.60 Å². The van der Waals surface area contributed by atoms with E-state index in [0.717, 1.165) is 0 Å². The van der Waals surface area contributed by atoms with E-state index >= 15 is 0 Å². The highest BCUT2D eigenvalue weighted by Gasteiger charge is 2.48. The minimum absolute atomic E-state index is 0.0417. The number of carbonyl (C=O) groups excluding carboxylic acids is 1. The maximum Gasteiger partial charge on any atom is 0.165 e. The van der Waals surface area contributed by atoms with Crippen molar-refractivity contribution in [1.29, 1.82) is 0 Å². The molecule has 0 aromatic rings. The van der Waals surface area contributed by atoms with Crippen molar-refractivity contribution in [3.05, 3.63) is 0 Å². The third-order valence-electron chi connectivity index (χ3n) is 1.46. The smallest absolute Gasteiger partial charge is 0.165 e. The Labute approximate surface area is 47.8 Å². The summed E-state index contributed by atoms with van der Waals surface area (Å²) in [5, 5.41) is 0. The minimum atomic E-state index is -0.569. The first-order chi connectivity index (χ1) is 3.71. The van der Waals surface area contributed by atoms with Crippen LogP contribution in [-0.2, 0) is 9.53 Å². The summed E-state index contributed by atoms with van der Waals surface area (Å²) < 4.78 is 4.83. The van der Waals surface area contributed by atoms with E-state index in [1.807, 2.05) is 0 Å². The van der Waals surface area contributed by atoms with Crippen molar-refractivity contribution in [2.24, 2.45) is 5.73 Å². The number of rotatable bonds is 2. The molecule has 3 nitrogen and oxygen atoms in total. The molecule has 2 N–H and O–H groups in total. The van der Waals surface area contributed by atoms with Crippen LogP contribution in [0.2, 0.25) is 0 Å². The molecule has 1 rings (SSSR count). The molecular weight excluding hydrogens is 106 g/mol. The summed E-state index contributed by atoms with van der Waals surface area (Å²) in [5.74, 6) is 0.0417. The highest BCUT2D eigenvalue weighted by atomic mass is 16.6. The van der Waals surface area contributed by atoms with E-state index in [9.17, 15) is 4.79 Å². The van der Waals surface area contributed by atoms with Crippen molar-refractivity contribution in [3.8, 4) is 0 Å². The van der Waals surface area contributed by atoms with E-state index in [1.165, 1.54) is 6.92 Å². The van der Waals surface area contributed by atoms with Crippen molar-refractivity contribution in [2.45, 2.75) is 12.5 Å². The largest absolute Gasteiger partial charge is 0.360 e. The first kappa shape index (κ1) is 5.72. The van der Waals surface area contributed by atoms with Crippen molar-refractivity contribution in [3.63, 3.8) is 0 Å². The van der Waals surface area contributed by atoms with E-state index in [0.29, 0.717) is 13.2 Å². The number of ketones is 1. The van der Waals surface area contributed by atoms with Gasteiger partial charge in [-0.15, -0.1) is 0 Å². The van der Waals surface area contributed by atoms with Crippen LogP contribution < -0.4 is 5.73 Å². The summed E-state index contributed by atoms with van der Waals surface area (Å²) in [5.41, 5.74) is 4.65. The fourth-order valence-corrected chi connectivity index (χ4v) is 0.552. The number of carbonyl (C=O) groups is 1. The van der Waals surface area contributed by atoms with Gasteiger partial charge in [0.2, 0.25) is 0 Å². The predicted molar refractivity (Wildman–Crippen MR) is 28.4 cm³/mol. The molecule has 1 saturated heterocycles. The molecule has 1 atom stereocenters. The SMILES string of the molecule is CC(=O)C1(CN)CO1. The summed E-state index contributed by atoms with van der Waals surface area (Å²) in [6.45, 7) is 2.33. The molecule has 1 aliphatic rings. The van der Waals surface area contributed by atoms with Gasteiger partial charge in [0.1, 0.15) is 0 Å². The van der Waals surface area contributed by atoms with Gasteiger partial charge in [-0.1, -0.05) is 0 Å². The monoisotopic (exact) mass is 115 g/mol. The first-order valence-electron chi connectivity index (χ1n) is 2.56. The van der Waals surface area contributed by atoms with Crippen molar-refractivity contribution in [1.82, 2.24) is 0 Å². The van der Waals surface area contributed by atoms with Crippen LogP contribution >= 0.6 is 0 Å². The molecule has 0 aromatic heterocycles. The van der Waals surface area contributed by atoms with E-state index in [-0.39, 0.29) is 5.78 Å². The Morgan fingerprint density at radius 1 is 2.00 bits per heavy atom. The molecule has 1 unspecified atom stereocenters. The summed E-state index contributed by atoms with van der Waals surface area (Å²) in [6.07, 6.45) is 0. The van der Waals surface area contributed by atoms with Gasteiger partial charge in [-0.2, -0.15) is 0 Å². The Morgan fingerprint density at radius 2 is 2.50 bits per heavy atom. The zero-order chi connectivity index (χ0) is 6.20. The van der Waals surface area contributed by atoms with Gasteiger partial charge in [0.15, 0.2) is 11.4 Å². The summed E-state index contributed by atoms with van der Waals surface area (Å²) in [6, 6.07) is 0. The van der Waals surface area contributed by atoms with Crippen molar-refractivity contribution < 1.29 is 9.53 Å². The topological polar surface area (TPSA) is 55.6 Å². The van der Waals surface area contributed by atoms with Crippen molar-refractivity contribution >= 4 is 5.78 Å². The van der Waals surface area contributed by atoms with Crippen molar-refractivity contribution in [2.75, 3.05) is 13.2 Å². The summed E-state index contributed by atoms with van der Waals surface area (Å²) >= 11 is 0. The maximum atomic E-state index is 10.6. The molecule has 0 bridgehead atoms. The van der Waals surface area contributed by atoms with Gasteiger partial charge < -0.3 is 10.5 Å². The first-order valence-corrected chi connectivity index (χ1v) is 2.56. The highest BCUT2D eigenvalue weighted by molar-refractivity contribution is 5.87. The van der Waals surface area contributed by atoms with Gasteiger partial charge in [-0.25, -0.2) is 0 Å². The van der Waals surface area contributed by atoms with Crippen LogP contribution in [0, 0.1) is 0 Å². The molecule has 0 radical (unpaired) electrons. The van der Waals surface area contributed by atoms with E-state index in [1.54, 1.807) is 0 Å². The van der Waals surface area contributed by atoms with Crippen LogP contribution in [0.1, 0.15) is 6.92 Å². The van der Waals surface area contributed by atoms with E-state index in [4.69, 9.17) is 10.5 Å². The standard InChI is InChI=1S/C5H9NO2/c1-4(7)5(2-6)3-8-5/h2-3,6H2,1H3. The molecule has 0 spiro atoms. The van der Waals surface area contributed by atoms with Crippen LogP contribution in [0.5, 0.6) is 0 Å². The summed E-state index contributed by atoms with van der Waals surface area (Å²) in [4.78, 5) is 10.6. The van der Waals surface area contributed by atoms with Crippen LogP contribution in [-0.4, -0.2) is 24.5 Å². The molecule has 8 heavy (non-hydrogen) atoms. The Balaban J connectivity index is 2.53. The molecule has 1 fully saturated rings. The lowest BCUT2D eigenvalue weighted by molar-refractivity contribution is -0.121. The normalized spacial score (nSPS) is 34.8. The number of Topliss-reactive ketones (excluding diaryl/α,β-unsaturated/α-hetero) is 1. The molecule has 46 valence electrons. The van der Waals surface area contributed by atoms with Crippen LogP contribution in [0.4, 0.5) is 0 Å². The molecule has 0 aromatic carbocycles. The zero-order valence-electron chi connectivity index (χ0n) is 4.81. The Bertz CT molecular complexity index is 118. The fraction of sp³-hybridized carbons (Fsp3) is 0.800. The predicted octanol–water partition coefficient (Wildman–Crippen LogP) is -0.697. The van der Waals surface area contributed by atoms with Gasteiger partial charge in [0.05, 0.1) is 6.61 Å². The lowest BCUT2D eigenvalue weighted by Crippen LogP contribution is -2.31. The average molecular weight is 115 g/mol. The Hall–Kier alpha value is -0.410. The number of hydrogen-bond donors (Lipinski definition) is 1.